The van der Waals surface area contributed by atoms with E-state index in [1.807, 2.05) is 48.5 Å². The Kier molecular flexibility index (Phi) is 4.42. The molecule has 1 aliphatic rings. The van der Waals surface area contributed by atoms with E-state index in [0.29, 0.717) is 18.7 Å². The lowest BCUT2D eigenvalue weighted by Gasteiger charge is -2.18. The minimum Gasteiger partial charge on any atom is -0.469 e. The van der Waals surface area contributed by atoms with Crippen LogP contribution in [-0.4, -0.2) is 32.0 Å². The molecule has 1 saturated heterocycles. The SMILES string of the molecule is COC(=O)C1CN(c2ccccc2)CC1C(=O)c1ccccc1. The molecule has 1 heterocycles. The zero-order valence-electron chi connectivity index (χ0n) is 13.0. The van der Waals surface area contributed by atoms with E-state index in [1.165, 1.54) is 7.11 Å². The van der Waals surface area contributed by atoms with Crippen LogP contribution in [0.1, 0.15) is 10.4 Å². The Morgan fingerprint density at radius 2 is 1.48 bits per heavy atom. The van der Waals surface area contributed by atoms with Gasteiger partial charge < -0.3 is 9.64 Å². The van der Waals surface area contributed by atoms with Crippen molar-refractivity contribution < 1.29 is 14.3 Å². The summed E-state index contributed by atoms with van der Waals surface area (Å²) in [5.74, 6) is -1.14. The number of ether oxygens (including phenoxy) is 1. The third-order valence-corrected chi connectivity index (χ3v) is 4.34. The lowest BCUT2D eigenvalue weighted by Crippen LogP contribution is -2.29. The van der Waals surface area contributed by atoms with Gasteiger partial charge in [-0.1, -0.05) is 48.5 Å². The third-order valence-electron chi connectivity index (χ3n) is 4.34. The maximum atomic E-state index is 12.8. The van der Waals surface area contributed by atoms with Crippen molar-refractivity contribution in [1.29, 1.82) is 0 Å². The van der Waals surface area contributed by atoms with E-state index in [9.17, 15) is 9.59 Å². The summed E-state index contributed by atoms with van der Waals surface area (Å²) in [6, 6.07) is 19.0. The normalized spacial score (nSPS) is 20.3. The van der Waals surface area contributed by atoms with Crippen LogP contribution in [0.5, 0.6) is 0 Å². The summed E-state index contributed by atoms with van der Waals surface area (Å²) in [6.45, 7) is 1.03. The maximum Gasteiger partial charge on any atom is 0.311 e. The second-order valence-corrected chi connectivity index (χ2v) is 5.71. The Morgan fingerprint density at radius 3 is 2.09 bits per heavy atom. The molecule has 0 bridgehead atoms. The predicted molar refractivity (Wildman–Crippen MR) is 88.4 cm³/mol. The van der Waals surface area contributed by atoms with E-state index in [4.69, 9.17) is 4.74 Å². The maximum absolute atomic E-state index is 12.8. The van der Waals surface area contributed by atoms with Crippen molar-refractivity contribution in [2.24, 2.45) is 11.8 Å². The molecule has 0 spiro atoms. The molecular weight excluding hydrogens is 290 g/mol. The smallest absolute Gasteiger partial charge is 0.311 e. The fraction of sp³-hybridized carbons (Fsp3) is 0.263. The summed E-state index contributed by atoms with van der Waals surface area (Å²) in [4.78, 5) is 27.0. The first-order valence-corrected chi connectivity index (χ1v) is 7.68. The van der Waals surface area contributed by atoms with Crippen LogP contribution in [0.3, 0.4) is 0 Å². The van der Waals surface area contributed by atoms with Crippen LogP contribution >= 0.6 is 0 Å². The molecule has 4 heteroatoms. The van der Waals surface area contributed by atoms with Crippen molar-refractivity contribution in [2.75, 3.05) is 25.1 Å². The summed E-state index contributed by atoms with van der Waals surface area (Å²) < 4.78 is 4.92. The molecule has 1 aliphatic heterocycles. The molecular formula is C19H19NO3. The van der Waals surface area contributed by atoms with E-state index < -0.39 is 5.92 Å². The largest absolute Gasteiger partial charge is 0.469 e. The molecule has 23 heavy (non-hydrogen) atoms. The van der Waals surface area contributed by atoms with Crippen LogP contribution in [0.25, 0.3) is 0 Å². The Balaban J connectivity index is 1.87. The number of anilines is 1. The lowest BCUT2D eigenvalue weighted by atomic mass is 9.88. The summed E-state index contributed by atoms with van der Waals surface area (Å²) >= 11 is 0. The second-order valence-electron chi connectivity index (χ2n) is 5.71. The topological polar surface area (TPSA) is 46.6 Å². The van der Waals surface area contributed by atoms with E-state index in [0.717, 1.165) is 5.69 Å². The predicted octanol–water partition coefficient (Wildman–Crippen LogP) is 2.79. The van der Waals surface area contributed by atoms with E-state index in [-0.39, 0.29) is 17.7 Å². The highest BCUT2D eigenvalue weighted by atomic mass is 16.5. The number of ketones is 1. The molecule has 0 radical (unpaired) electrons. The second kappa shape index (κ2) is 6.65. The molecule has 1 fully saturated rings. The first kappa shape index (κ1) is 15.3. The number of hydrogen-bond acceptors (Lipinski definition) is 4. The van der Waals surface area contributed by atoms with Gasteiger partial charge in [-0.3, -0.25) is 9.59 Å². The molecule has 2 aromatic rings. The number of rotatable bonds is 4. The summed E-state index contributed by atoms with van der Waals surface area (Å²) in [5, 5.41) is 0. The van der Waals surface area contributed by atoms with Crippen LogP contribution < -0.4 is 4.90 Å². The minimum absolute atomic E-state index is 0.000527. The standard InChI is InChI=1S/C19H19NO3/c1-23-19(22)17-13-20(15-10-6-3-7-11-15)12-16(17)18(21)14-8-4-2-5-9-14/h2-11,16-17H,12-13H2,1H3. The first-order valence-electron chi connectivity index (χ1n) is 7.68. The molecule has 0 aromatic heterocycles. The number of carbonyl (C=O) groups excluding carboxylic acids is 2. The van der Waals surface area contributed by atoms with Gasteiger partial charge in [0.1, 0.15) is 0 Å². The van der Waals surface area contributed by atoms with Gasteiger partial charge in [0.05, 0.1) is 18.9 Å². The average Bonchev–Trinajstić information content (AvgIpc) is 3.07. The van der Waals surface area contributed by atoms with Gasteiger partial charge in [-0.05, 0) is 12.1 Å². The first-order chi connectivity index (χ1) is 11.2. The third kappa shape index (κ3) is 3.11. The quantitative estimate of drug-likeness (QED) is 0.643. The van der Waals surface area contributed by atoms with E-state index >= 15 is 0 Å². The number of carbonyl (C=O) groups is 2. The molecule has 4 nitrogen and oxygen atoms in total. The number of para-hydroxylation sites is 1. The molecule has 0 aliphatic carbocycles. The Bertz CT molecular complexity index is 684. The van der Waals surface area contributed by atoms with Crippen LogP contribution in [0.4, 0.5) is 5.69 Å². The van der Waals surface area contributed by atoms with Crippen molar-refractivity contribution in [3.63, 3.8) is 0 Å². The zero-order chi connectivity index (χ0) is 16.2. The monoisotopic (exact) mass is 309 g/mol. The summed E-state index contributed by atoms with van der Waals surface area (Å²) in [5.41, 5.74) is 1.66. The van der Waals surface area contributed by atoms with Crippen molar-refractivity contribution in [3.8, 4) is 0 Å². The molecule has 3 rings (SSSR count). The van der Waals surface area contributed by atoms with Crippen molar-refractivity contribution >= 4 is 17.4 Å². The van der Waals surface area contributed by atoms with E-state index in [1.54, 1.807) is 12.1 Å². The number of Topliss-reactive ketones (excluding diaryl/α,β-unsaturated/α-hetero) is 1. The lowest BCUT2D eigenvalue weighted by molar-refractivity contribution is -0.145. The number of hydrogen-bond donors (Lipinski definition) is 0. The highest BCUT2D eigenvalue weighted by Gasteiger charge is 2.42. The van der Waals surface area contributed by atoms with Gasteiger partial charge in [0.2, 0.25) is 0 Å². The fourth-order valence-corrected chi connectivity index (χ4v) is 3.13. The molecule has 118 valence electrons. The summed E-state index contributed by atoms with van der Waals surface area (Å²) in [7, 11) is 1.37. The number of benzene rings is 2. The molecule has 0 saturated carbocycles. The van der Waals surface area contributed by atoms with Crippen LogP contribution in [0, 0.1) is 11.8 Å². The van der Waals surface area contributed by atoms with Crippen LogP contribution in [-0.2, 0) is 9.53 Å². The van der Waals surface area contributed by atoms with Gasteiger partial charge in [-0.15, -0.1) is 0 Å². The Morgan fingerprint density at radius 1 is 0.913 bits per heavy atom. The molecule has 2 atom stereocenters. The van der Waals surface area contributed by atoms with Crippen LogP contribution in [0.2, 0.25) is 0 Å². The van der Waals surface area contributed by atoms with Gasteiger partial charge in [-0.2, -0.15) is 0 Å². The fourth-order valence-electron chi connectivity index (χ4n) is 3.13. The minimum atomic E-state index is -0.437. The van der Waals surface area contributed by atoms with E-state index in [2.05, 4.69) is 4.90 Å². The summed E-state index contributed by atoms with van der Waals surface area (Å²) in [6.07, 6.45) is 0. The van der Waals surface area contributed by atoms with Gasteiger partial charge in [-0.25, -0.2) is 0 Å². The number of nitrogens with zero attached hydrogens (tertiary/aromatic N) is 1. The van der Waals surface area contributed by atoms with Crippen LogP contribution in [0.15, 0.2) is 60.7 Å². The number of methoxy groups -OCH3 is 1. The van der Waals surface area contributed by atoms with Crippen molar-refractivity contribution in [2.45, 2.75) is 0 Å². The molecule has 2 unspecified atom stereocenters. The van der Waals surface area contributed by atoms with Gasteiger partial charge in [0, 0.05) is 24.3 Å². The average molecular weight is 309 g/mol. The highest BCUT2D eigenvalue weighted by Crippen LogP contribution is 2.31. The molecule has 0 N–H and O–H groups in total. The van der Waals surface area contributed by atoms with Crippen molar-refractivity contribution in [1.82, 2.24) is 0 Å². The zero-order valence-corrected chi connectivity index (χ0v) is 13.0. The van der Waals surface area contributed by atoms with Gasteiger partial charge in [0.15, 0.2) is 5.78 Å². The molecule has 2 aromatic carbocycles. The van der Waals surface area contributed by atoms with Gasteiger partial charge >= 0.3 is 5.97 Å². The Hall–Kier alpha value is -2.62. The number of esters is 1. The van der Waals surface area contributed by atoms with Gasteiger partial charge in [0.25, 0.3) is 0 Å². The van der Waals surface area contributed by atoms with Crippen molar-refractivity contribution in [3.05, 3.63) is 66.2 Å². The highest BCUT2D eigenvalue weighted by molar-refractivity contribution is 6.01. The Labute approximate surface area is 135 Å². The molecule has 0 amide bonds.